The lowest BCUT2D eigenvalue weighted by atomic mass is 10.1. The fourth-order valence-electron chi connectivity index (χ4n) is 3.08. The minimum Gasteiger partial charge on any atom is -0.394 e. The van der Waals surface area contributed by atoms with Crippen molar-refractivity contribution in [2.24, 2.45) is 14.1 Å². The Morgan fingerprint density at radius 3 is 2.36 bits per heavy atom. The van der Waals surface area contributed by atoms with Crippen LogP contribution in [0.15, 0.2) is 53.3 Å². The van der Waals surface area contributed by atoms with Crippen molar-refractivity contribution in [3.8, 4) is 0 Å². The summed E-state index contributed by atoms with van der Waals surface area (Å²) in [7, 11) is 3.30. The van der Waals surface area contributed by atoms with Gasteiger partial charge in [-0.25, -0.2) is 4.79 Å². The van der Waals surface area contributed by atoms with Crippen molar-refractivity contribution in [1.29, 1.82) is 0 Å². The predicted octanol–water partition coefficient (Wildman–Crippen LogP) is 0.535. The number of nitrogens with zero attached hydrogens (tertiary/aromatic N) is 2. The van der Waals surface area contributed by atoms with E-state index in [1.807, 2.05) is 30.3 Å². The van der Waals surface area contributed by atoms with E-state index in [4.69, 9.17) is 0 Å². The first-order valence-corrected chi connectivity index (χ1v) is 8.82. The second-order valence-electron chi connectivity index (χ2n) is 6.60. The zero-order valence-electron chi connectivity index (χ0n) is 15.7. The molecule has 0 saturated heterocycles. The molecule has 28 heavy (non-hydrogen) atoms. The number of nitrogens with one attached hydrogen (secondary N) is 2. The van der Waals surface area contributed by atoms with E-state index in [1.54, 1.807) is 32.3 Å². The number of hydrogen-bond donors (Lipinski definition) is 3. The van der Waals surface area contributed by atoms with Crippen molar-refractivity contribution in [1.82, 2.24) is 14.5 Å². The highest BCUT2D eigenvalue weighted by Crippen LogP contribution is 2.17. The summed E-state index contributed by atoms with van der Waals surface area (Å²) in [5, 5.41) is 14.6. The molecule has 0 saturated carbocycles. The summed E-state index contributed by atoms with van der Waals surface area (Å²) in [6, 6.07) is 13.8. The minimum absolute atomic E-state index is 0.178. The van der Waals surface area contributed by atoms with Gasteiger partial charge in [-0.15, -0.1) is 0 Å². The average molecular weight is 382 g/mol. The molecule has 146 valence electrons. The number of carbonyl (C=O) groups excluding carboxylic acids is 2. The van der Waals surface area contributed by atoms with E-state index in [0.717, 1.165) is 11.1 Å². The third-order valence-corrected chi connectivity index (χ3v) is 4.62. The minimum atomic E-state index is -0.841. The molecule has 0 bridgehead atoms. The first-order valence-electron chi connectivity index (χ1n) is 8.82. The maximum Gasteiger partial charge on any atom is 0.328 e. The number of hydrogen-bond acceptors (Lipinski definition) is 4. The first-order chi connectivity index (χ1) is 13.4. The van der Waals surface area contributed by atoms with Crippen LogP contribution in [0.25, 0.3) is 11.0 Å². The smallest absolute Gasteiger partial charge is 0.328 e. The zero-order chi connectivity index (χ0) is 20.3. The van der Waals surface area contributed by atoms with Crippen LogP contribution >= 0.6 is 0 Å². The summed E-state index contributed by atoms with van der Waals surface area (Å²) in [5.74, 6) is -1.68. The van der Waals surface area contributed by atoms with E-state index in [2.05, 4.69) is 10.6 Å². The number of carbonyl (C=O) groups is 2. The summed E-state index contributed by atoms with van der Waals surface area (Å²) < 4.78 is 2.97. The molecule has 0 fully saturated rings. The summed E-state index contributed by atoms with van der Waals surface area (Å²) in [4.78, 5) is 36.4. The maximum absolute atomic E-state index is 12.2. The number of anilines is 1. The van der Waals surface area contributed by atoms with Gasteiger partial charge in [0.15, 0.2) is 0 Å². The highest BCUT2D eigenvalue weighted by Gasteiger charge is 2.19. The second-order valence-corrected chi connectivity index (χ2v) is 6.60. The Balaban J connectivity index is 1.68. The van der Waals surface area contributed by atoms with Gasteiger partial charge in [0.25, 0.3) is 0 Å². The fourth-order valence-corrected chi connectivity index (χ4v) is 3.08. The highest BCUT2D eigenvalue weighted by molar-refractivity contribution is 6.39. The van der Waals surface area contributed by atoms with Crippen LogP contribution in [0, 0.1) is 0 Å². The van der Waals surface area contributed by atoms with Gasteiger partial charge in [0.1, 0.15) is 0 Å². The molecule has 8 nitrogen and oxygen atoms in total. The first kappa shape index (κ1) is 19.4. The highest BCUT2D eigenvalue weighted by atomic mass is 16.3. The Labute approximate surface area is 161 Å². The van der Waals surface area contributed by atoms with Gasteiger partial charge in [0.2, 0.25) is 0 Å². The van der Waals surface area contributed by atoms with Gasteiger partial charge in [-0.1, -0.05) is 30.3 Å². The van der Waals surface area contributed by atoms with Crippen LogP contribution in [0.5, 0.6) is 0 Å². The van der Waals surface area contributed by atoms with Gasteiger partial charge < -0.3 is 15.7 Å². The Morgan fingerprint density at radius 1 is 1.00 bits per heavy atom. The standard InChI is InChI=1S/C20H22N4O4/c1-23-16-9-8-14(11-17(16)24(2)20(23)28)21-18(26)19(27)22-15(12-25)10-13-6-4-3-5-7-13/h3-9,11,15,25H,10,12H2,1-2H3,(H,21,26)(H,22,27). The number of aliphatic hydroxyl groups is 1. The molecular weight excluding hydrogens is 360 g/mol. The lowest BCUT2D eigenvalue weighted by Crippen LogP contribution is -2.44. The summed E-state index contributed by atoms with van der Waals surface area (Å²) >= 11 is 0. The Kier molecular flexibility index (Phi) is 5.60. The molecule has 0 aliphatic rings. The molecule has 0 radical (unpaired) electrons. The zero-order valence-corrected chi connectivity index (χ0v) is 15.7. The van der Waals surface area contributed by atoms with Gasteiger partial charge >= 0.3 is 17.5 Å². The quantitative estimate of drug-likeness (QED) is 0.560. The molecule has 3 aromatic rings. The largest absolute Gasteiger partial charge is 0.394 e. The van der Waals surface area contributed by atoms with Gasteiger partial charge in [-0.2, -0.15) is 0 Å². The van der Waals surface area contributed by atoms with Crippen LogP contribution in [0.1, 0.15) is 5.56 Å². The van der Waals surface area contributed by atoms with Crippen molar-refractivity contribution in [2.45, 2.75) is 12.5 Å². The van der Waals surface area contributed by atoms with E-state index in [0.29, 0.717) is 17.6 Å². The third-order valence-electron chi connectivity index (χ3n) is 4.62. The van der Waals surface area contributed by atoms with E-state index in [-0.39, 0.29) is 12.3 Å². The van der Waals surface area contributed by atoms with Crippen LogP contribution in [0.2, 0.25) is 0 Å². The number of aryl methyl sites for hydroxylation is 2. The van der Waals surface area contributed by atoms with Crippen LogP contribution < -0.4 is 16.3 Å². The molecule has 0 spiro atoms. The topological polar surface area (TPSA) is 105 Å². The molecule has 1 unspecified atom stereocenters. The van der Waals surface area contributed by atoms with Crippen molar-refractivity contribution >= 4 is 28.5 Å². The summed E-state index contributed by atoms with van der Waals surface area (Å²) in [5.41, 5.74) is 2.53. The number of amides is 2. The molecule has 0 aliphatic carbocycles. The van der Waals surface area contributed by atoms with Gasteiger partial charge in [-0.05, 0) is 30.2 Å². The van der Waals surface area contributed by atoms with Crippen molar-refractivity contribution in [3.63, 3.8) is 0 Å². The Bertz CT molecular complexity index is 1070. The lowest BCUT2D eigenvalue weighted by molar-refractivity contribution is -0.136. The molecule has 1 heterocycles. The number of aliphatic hydroxyl groups excluding tert-OH is 1. The SMILES string of the molecule is Cn1c(=O)n(C)c2cc(NC(=O)C(=O)NC(CO)Cc3ccccc3)ccc21. The van der Waals surface area contributed by atoms with E-state index >= 15 is 0 Å². The second kappa shape index (κ2) is 8.10. The number of fused-ring (bicyclic) bond motifs is 1. The van der Waals surface area contributed by atoms with Crippen molar-refractivity contribution in [3.05, 3.63) is 64.6 Å². The van der Waals surface area contributed by atoms with Crippen LogP contribution in [0.3, 0.4) is 0 Å². The molecular formula is C20H22N4O4. The molecule has 3 N–H and O–H groups in total. The number of rotatable bonds is 5. The summed E-state index contributed by atoms with van der Waals surface area (Å²) in [6.45, 7) is -0.286. The summed E-state index contributed by atoms with van der Waals surface area (Å²) in [6.07, 6.45) is 0.411. The van der Waals surface area contributed by atoms with Crippen LogP contribution in [-0.2, 0) is 30.1 Å². The molecule has 2 aromatic carbocycles. The van der Waals surface area contributed by atoms with E-state index in [9.17, 15) is 19.5 Å². The van der Waals surface area contributed by atoms with Gasteiger partial charge in [0.05, 0.1) is 23.7 Å². The van der Waals surface area contributed by atoms with E-state index in [1.165, 1.54) is 9.13 Å². The van der Waals surface area contributed by atoms with E-state index < -0.39 is 17.9 Å². The monoisotopic (exact) mass is 382 g/mol. The molecule has 8 heteroatoms. The van der Waals surface area contributed by atoms with Crippen molar-refractivity contribution in [2.75, 3.05) is 11.9 Å². The lowest BCUT2D eigenvalue weighted by Gasteiger charge is -2.16. The molecule has 1 atom stereocenters. The third kappa shape index (κ3) is 3.96. The van der Waals surface area contributed by atoms with Gasteiger partial charge in [0, 0.05) is 19.8 Å². The molecule has 3 rings (SSSR count). The number of aromatic nitrogens is 2. The normalized spacial score (nSPS) is 12.0. The fraction of sp³-hybridized carbons (Fsp3) is 0.250. The van der Waals surface area contributed by atoms with Crippen LogP contribution in [-0.4, -0.2) is 38.7 Å². The number of imidazole rings is 1. The maximum atomic E-state index is 12.2. The van der Waals surface area contributed by atoms with Crippen LogP contribution in [0.4, 0.5) is 5.69 Å². The Morgan fingerprint density at radius 2 is 1.68 bits per heavy atom. The average Bonchev–Trinajstić information content (AvgIpc) is 2.92. The molecule has 1 aromatic heterocycles. The van der Waals surface area contributed by atoms with Crippen molar-refractivity contribution < 1.29 is 14.7 Å². The van der Waals surface area contributed by atoms with Gasteiger partial charge in [-0.3, -0.25) is 18.7 Å². The predicted molar refractivity (Wildman–Crippen MR) is 106 cm³/mol. The Hall–Kier alpha value is -3.39. The number of benzene rings is 2. The molecule has 2 amide bonds. The molecule has 0 aliphatic heterocycles.